The minimum Gasteiger partial charge on any atom is -0.121 e. The lowest BCUT2D eigenvalue weighted by Gasteiger charge is -1.98. The fourth-order valence-electron chi connectivity index (χ4n) is 0.327. The maximum atomic E-state index is 5.52. The third-order valence-electron chi connectivity index (χ3n) is 0.452. The topological polar surface area (TPSA) is 0 Å². The first-order chi connectivity index (χ1) is 3.42. The molecule has 0 atom stereocenters. The molecular weight excluding hydrogens is 182 g/mol. The van der Waals surface area contributed by atoms with Crippen LogP contribution in [0.25, 0.3) is 0 Å². The molecule has 0 fully saturated rings. The molecule has 0 aliphatic carbocycles. The summed E-state index contributed by atoms with van der Waals surface area (Å²) < 4.78 is 0. The third kappa shape index (κ3) is 6.83. The molecule has 0 bridgehead atoms. The van der Waals surface area contributed by atoms with Gasteiger partial charge in [-0.05, 0) is 13.8 Å². The van der Waals surface area contributed by atoms with Crippen LogP contribution in [0, 0.1) is 0 Å². The van der Waals surface area contributed by atoms with E-state index in [2.05, 4.69) is 0 Å². The van der Waals surface area contributed by atoms with E-state index in [0.717, 1.165) is 5.57 Å². The highest BCUT2D eigenvalue weighted by Crippen LogP contribution is 2.22. The fourth-order valence-corrected chi connectivity index (χ4v) is 2.95. The Morgan fingerprint density at radius 2 is 1.62 bits per heavy atom. The first-order valence-electron chi connectivity index (χ1n) is 2.14. The van der Waals surface area contributed by atoms with Gasteiger partial charge in [-0.3, -0.25) is 0 Å². The Balaban J connectivity index is 3.89. The van der Waals surface area contributed by atoms with Gasteiger partial charge in [0.05, 0.1) is 0 Å². The standard InChI is InChI=1S/C4H7Cl3Si/c1-4(2)3-8(5,6)7/h3H,1-2H3. The average Bonchev–Trinajstić information content (AvgIpc) is 1.21. The second-order valence-corrected chi connectivity index (χ2v) is 10.2. The minimum absolute atomic E-state index is 1.07. The van der Waals surface area contributed by atoms with Gasteiger partial charge >= 0.3 is 6.00 Å². The zero-order valence-corrected chi connectivity index (χ0v) is 7.98. The number of allylic oxidation sites excluding steroid dienone is 1. The molecule has 0 amide bonds. The van der Waals surface area contributed by atoms with E-state index in [1.54, 1.807) is 5.70 Å². The van der Waals surface area contributed by atoms with Gasteiger partial charge in [0.15, 0.2) is 0 Å². The van der Waals surface area contributed by atoms with Gasteiger partial charge in [0.2, 0.25) is 0 Å². The summed E-state index contributed by atoms with van der Waals surface area (Å²) in [7, 11) is 0. The molecule has 0 aromatic heterocycles. The van der Waals surface area contributed by atoms with E-state index in [0.29, 0.717) is 0 Å². The monoisotopic (exact) mass is 188 g/mol. The summed E-state index contributed by atoms with van der Waals surface area (Å²) in [5, 5.41) is 0. The van der Waals surface area contributed by atoms with Crippen LogP contribution >= 0.6 is 33.2 Å². The van der Waals surface area contributed by atoms with Gasteiger partial charge in [-0.15, -0.1) is 33.2 Å². The van der Waals surface area contributed by atoms with Crippen LogP contribution in [0.2, 0.25) is 0 Å². The summed E-state index contributed by atoms with van der Waals surface area (Å²) in [6.45, 7) is 3.82. The Bertz CT molecular complexity index is 98.3. The van der Waals surface area contributed by atoms with E-state index in [9.17, 15) is 0 Å². The number of halogens is 3. The summed E-state index contributed by atoms with van der Waals surface area (Å²) in [5.74, 6) is 0. The van der Waals surface area contributed by atoms with E-state index in [-0.39, 0.29) is 0 Å². The highest BCUT2D eigenvalue weighted by molar-refractivity contribution is 7.66. The van der Waals surface area contributed by atoms with Gasteiger partial charge < -0.3 is 0 Å². The van der Waals surface area contributed by atoms with E-state index in [1.165, 1.54) is 0 Å². The molecule has 0 aliphatic rings. The van der Waals surface area contributed by atoms with Crippen molar-refractivity contribution in [2.24, 2.45) is 0 Å². The molecule has 0 aromatic rings. The van der Waals surface area contributed by atoms with Crippen LogP contribution in [-0.4, -0.2) is 6.00 Å². The molecule has 0 spiro atoms. The van der Waals surface area contributed by atoms with Crippen molar-refractivity contribution in [2.75, 3.05) is 0 Å². The van der Waals surface area contributed by atoms with Crippen LogP contribution in [0.4, 0.5) is 0 Å². The number of hydrogen-bond acceptors (Lipinski definition) is 0. The smallest absolute Gasteiger partial charge is 0.121 e. The Labute approximate surface area is 64.6 Å². The zero-order chi connectivity index (χ0) is 6.78. The molecule has 0 aliphatic heterocycles. The quantitative estimate of drug-likeness (QED) is 0.439. The molecule has 0 unspecified atom stereocenters. The second kappa shape index (κ2) is 3.11. The first-order valence-corrected chi connectivity index (χ1v) is 7.26. The van der Waals surface area contributed by atoms with Gasteiger partial charge in [0, 0.05) is 0 Å². The van der Waals surface area contributed by atoms with Gasteiger partial charge in [-0.25, -0.2) is 0 Å². The summed E-state index contributed by atoms with van der Waals surface area (Å²) in [4.78, 5) is 0. The van der Waals surface area contributed by atoms with Crippen molar-refractivity contribution in [1.29, 1.82) is 0 Å². The zero-order valence-electron chi connectivity index (χ0n) is 4.71. The summed E-state index contributed by atoms with van der Waals surface area (Å²) in [5.41, 5.74) is 2.77. The fraction of sp³-hybridized carbons (Fsp3) is 0.500. The molecule has 0 N–H and O–H groups in total. The predicted molar refractivity (Wildman–Crippen MR) is 42.7 cm³/mol. The lowest BCUT2D eigenvalue weighted by atomic mass is 10.4. The van der Waals surface area contributed by atoms with Crippen LogP contribution in [0.15, 0.2) is 11.3 Å². The lowest BCUT2D eigenvalue weighted by molar-refractivity contribution is 1.41. The van der Waals surface area contributed by atoms with Crippen LogP contribution in [0.1, 0.15) is 13.8 Å². The van der Waals surface area contributed by atoms with Crippen molar-refractivity contribution < 1.29 is 0 Å². The average molecular weight is 190 g/mol. The van der Waals surface area contributed by atoms with Crippen molar-refractivity contribution in [3.05, 3.63) is 11.3 Å². The maximum Gasteiger partial charge on any atom is 0.365 e. The molecule has 0 radical (unpaired) electrons. The van der Waals surface area contributed by atoms with Crippen LogP contribution in [-0.2, 0) is 0 Å². The van der Waals surface area contributed by atoms with E-state index in [4.69, 9.17) is 33.2 Å². The van der Waals surface area contributed by atoms with Gasteiger partial charge in [0.1, 0.15) is 0 Å². The molecule has 0 nitrogen and oxygen atoms in total. The Morgan fingerprint density at radius 1 is 1.25 bits per heavy atom. The predicted octanol–water partition coefficient (Wildman–Crippen LogP) is 3.15. The van der Waals surface area contributed by atoms with Crippen molar-refractivity contribution >= 4 is 39.2 Å². The summed E-state index contributed by atoms with van der Waals surface area (Å²) in [6, 6.07) is -2.47. The van der Waals surface area contributed by atoms with E-state index >= 15 is 0 Å². The highest BCUT2D eigenvalue weighted by atomic mass is 35.8. The van der Waals surface area contributed by atoms with Gasteiger partial charge in [0.25, 0.3) is 0 Å². The van der Waals surface area contributed by atoms with Crippen molar-refractivity contribution in [3.8, 4) is 0 Å². The van der Waals surface area contributed by atoms with Crippen LogP contribution in [0.5, 0.6) is 0 Å². The highest BCUT2D eigenvalue weighted by Gasteiger charge is 2.20. The molecule has 0 heterocycles. The molecule has 0 rings (SSSR count). The lowest BCUT2D eigenvalue weighted by Crippen LogP contribution is -2.04. The Hall–Kier alpha value is 0.827. The molecule has 4 heteroatoms. The molecule has 0 aromatic carbocycles. The second-order valence-electron chi connectivity index (χ2n) is 1.76. The van der Waals surface area contributed by atoms with Gasteiger partial charge in [-0.1, -0.05) is 11.3 Å². The molecular formula is C4H7Cl3Si. The van der Waals surface area contributed by atoms with Crippen LogP contribution < -0.4 is 0 Å². The molecule has 0 saturated heterocycles. The van der Waals surface area contributed by atoms with E-state index < -0.39 is 6.00 Å². The van der Waals surface area contributed by atoms with Gasteiger partial charge in [-0.2, -0.15) is 0 Å². The SMILES string of the molecule is CC(C)=C[Si](Cl)(Cl)Cl. The molecule has 0 saturated carbocycles. The Kier molecular flexibility index (Phi) is 3.43. The molecule has 8 heavy (non-hydrogen) atoms. The normalized spacial score (nSPS) is 11.1. The Morgan fingerprint density at radius 3 is 1.62 bits per heavy atom. The third-order valence-corrected chi connectivity index (χ3v) is 2.34. The minimum atomic E-state index is -2.47. The molecule has 48 valence electrons. The van der Waals surface area contributed by atoms with Crippen LogP contribution in [0.3, 0.4) is 0 Å². The van der Waals surface area contributed by atoms with Crippen molar-refractivity contribution in [1.82, 2.24) is 0 Å². The summed E-state index contributed by atoms with van der Waals surface area (Å²) in [6.07, 6.45) is 0. The van der Waals surface area contributed by atoms with Crippen molar-refractivity contribution in [2.45, 2.75) is 13.8 Å². The number of hydrogen-bond donors (Lipinski definition) is 0. The summed E-state index contributed by atoms with van der Waals surface area (Å²) >= 11 is 16.6. The largest absolute Gasteiger partial charge is 0.365 e. The first kappa shape index (κ1) is 8.83. The maximum absolute atomic E-state index is 5.52. The number of rotatable bonds is 1. The van der Waals surface area contributed by atoms with E-state index in [1.807, 2.05) is 13.8 Å². The van der Waals surface area contributed by atoms with Crippen molar-refractivity contribution in [3.63, 3.8) is 0 Å².